The average Bonchev–Trinajstić information content (AvgIpc) is 3.54. The lowest BCUT2D eigenvalue weighted by atomic mass is 10.1. The van der Waals surface area contributed by atoms with Gasteiger partial charge >= 0.3 is 24.1 Å². The summed E-state index contributed by atoms with van der Waals surface area (Å²) in [5.74, 6) is -6.95. The van der Waals surface area contributed by atoms with E-state index in [4.69, 9.17) is 25.8 Å². The predicted octanol–water partition coefficient (Wildman–Crippen LogP) is 2.05. The number of nitrogens with zero attached hydrogens (tertiary/aromatic N) is 1. The number of carboxylic acid groups (broad SMARTS) is 3. The smallest absolute Gasteiger partial charge is 0.490 e. The van der Waals surface area contributed by atoms with Crippen LogP contribution in [0, 0.1) is 5.41 Å². The van der Waals surface area contributed by atoms with Gasteiger partial charge in [-0.15, -0.1) is 0 Å². The highest BCUT2D eigenvalue weighted by atomic mass is 19.4. The van der Waals surface area contributed by atoms with Gasteiger partial charge in [-0.1, -0.05) is 12.1 Å². The van der Waals surface area contributed by atoms with Crippen LogP contribution in [0.4, 0.5) is 13.2 Å². The number of halogens is 3. The van der Waals surface area contributed by atoms with E-state index < -0.39 is 54.1 Å². The average molecular weight is 680 g/mol. The molecule has 0 saturated carbocycles. The van der Waals surface area contributed by atoms with Crippen molar-refractivity contribution in [2.24, 2.45) is 5.73 Å². The van der Waals surface area contributed by atoms with Crippen molar-refractivity contribution in [2.45, 2.75) is 38.4 Å². The van der Waals surface area contributed by atoms with Crippen LogP contribution in [0.25, 0.3) is 6.08 Å². The second-order valence-electron chi connectivity index (χ2n) is 10.2. The van der Waals surface area contributed by atoms with Crippen LogP contribution in [0.3, 0.4) is 0 Å². The number of carbonyl (C=O) groups is 6. The number of alkyl halides is 3. The van der Waals surface area contributed by atoms with Gasteiger partial charge in [0.05, 0.1) is 12.5 Å². The molecule has 1 saturated heterocycles. The molecule has 0 bridgehead atoms. The van der Waals surface area contributed by atoms with Gasteiger partial charge in [-0.25, -0.2) is 9.59 Å². The van der Waals surface area contributed by atoms with Crippen molar-refractivity contribution < 1.29 is 62.0 Å². The molecule has 1 aliphatic heterocycles. The molecule has 0 unspecified atom stereocenters. The minimum Gasteiger partial charge on any atom is -0.491 e. The third-order valence-corrected chi connectivity index (χ3v) is 6.39. The van der Waals surface area contributed by atoms with E-state index in [0.717, 1.165) is 25.8 Å². The Morgan fingerprint density at radius 2 is 1.52 bits per heavy atom. The number of amidine groups is 1. The van der Waals surface area contributed by atoms with Gasteiger partial charge in [0.15, 0.2) is 0 Å². The highest BCUT2D eigenvalue weighted by Crippen LogP contribution is 2.24. The molecule has 3 rings (SSSR count). The number of benzene rings is 2. The van der Waals surface area contributed by atoms with E-state index in [1.54, 1.807) is 17.0 Å². The number of nitrogen functional groups attached to an aromatic ring is 1. The molecule has 3 amide bonds. The number of ether oxygens (including phenoxy) is 1. The first kappa shape index (κ1) is 38.2. The summed E-state index contributed by atoms with van der Waals surface area (Å²) in [5, 5.41) is 38.4. The van der Waals surface area contributed by atoms with Gasteiger partial charge in [0.2, 0.25) is 5.91 Å². The van der Waals surface area contributed by atoms with Crippen molar-refractivity contribution in [1.82, 2.24) is 15.5 Å². The zero-order chi connectivity index (χ0) is 36.2. The largest absolute Gasteiger partial charge is 0.491 e. The quantitative estimate of drug-likeness (QED) is 0.0971. The summed E-state index contributed by atoms with van der Waals surface area (Å²) >= 11 is 0. The number of aliphatic carboxylic acids is 3. The normalized spacial score (nSPS) is 13.3. The predicted molar refractivity (Wildman–Crippen MR) is 161 cm³/mol. The van der Waals surface area contributed by atoms with Gasteiger partial charge in [-0.3, -0.25) is 24.6 Å². The van der Waals surface area contributed by atoms with Gasteiger partial charge < -0.3 is 41.3 Å². The van der Waals surface area contributed by atoms with Crippen LogP contribution in [0.1, 0.15) is 58.0 Å². The number of rotatable bonds is 12. The van der Waals surface area contributed by atoms with Gasteiger partial charge in [0.25, 0.3) is 11.8 Å². The molecule has 258 valence electrons. The fourth-order valence-electron chi connectivity index (χ4n) is 4.13. The number of nitrogens with two attached hydrogens (primary N) is 1. The Morgan fingerprint density at radius 3 is 2.00 bits per heavy atom. The van der Waals surface area contributed by atoms with Crippen molar-refractivity contribution >= 4 is 47.5 Å². The summed E-state index contributed by atoms with van der Waals surface area (Å²) in [6, 6.07) is 9.25. The molecule has 15 nitrogen and oxygen atoms in total. The molecule has 48 heavy (non-hydrogen) atoms. The lowest BCUT2D eigenvalue weighted by Gasteiger charge is -2.20. The molecule has 18 heteroatoms. The Kier molecular flexibility index (Phi) is 13.6. The molecule has 1 atom stereocenters. The van der Waals surface area contributed by atoms with E-state index in [-0.39, 0.29) is 40.8 Å². The molecule has 2 aromatic carbocycles. The fraction of sp³-hybridized carbons (Fsp3) is 0.300. The zero-order valence-electron chi connectivity index (χ0n) is 25.3. The summed E-state index contributed by atoms with van der Waals surface area (Å²) in [6.07, 6.45) is -2.54. The number of likely N-dealkylation sites (tertiary alicyclic amines) is 1. The Balaban J connectivity index is 0.00000103. The van der Waals surface area contributed by atoms with Crippen LogP contribution in [0.15, 0.2) is 48.2 Å². The SMILES string of the molecule is CC(=O)NC(=Cc1ccc(C(=N)N)cc1OC[C@@H](CC(=O)O)NC(=O)c1ccc(C(=O)N2CCCC2)cc1)C(=O)O.O=C(O)C(F)(F)F. The minimum absolute atomic E-state index is 0.0382. The third-order valence-electron chi connectivity index (χ3n) is 6.39. The minimum atomic E-state index is -5.08. The third kappa shape index (κ3) is 12.1. The molecule has 0 aliphatic carbocycles. The zero-order valence-corrected chi connectivity index (χ0v) is 25.3. The van der Waals surface area contributed by atoms with Crippen molar-refractivity contribution in [3.63, 3.8) is 0 Å². The number of hydrogen-bond donors (Lipinski definition) is 7. The van der Waals surface area contributed by atoms with Gasteiger partial charge in [-0.2, -0.15) is 13.2 Å². The molecule has 2 aromatic rings. The molecule has 0 aromatic heterocycles. The number of hydrogen-bond acceptors (Lipinski definition) is 8. The maximum absolute atomic E-state index is 12.9. The maximum Gasteiger partial charge on any atom is 0.490 e. The standard InChI is InChI=1S/C28H31N5O8.C2HF3O2/c1-16(34)31-22(28(39)40)12-19-8-9-20(25(29)30)13-23(19)41-15-21(14-24(35)36)32-26(37)17-4-6-18(7-5-17)27(38)33-10-2-3-11-33;3-2(4,5)1(6)7/h4-9,12-13,21H,2-3,10-11,14-15H2,1H3,(H3,29,30)(H,31,34)(H,32,37)(H,35,36)(H,39,40);(H,6,7)/t21-;/m1./s1. The van der Waals surface area contributed by atoms with Crippen LogP contribution in [-0.4, -0.2) is 93.6 Å². The summed E-state index contributed by atoms with van der Waals surface area (Å²) < 4.78 is 37.5. The molecule has 0 radical (unpaired) electrons. The van der Waals surface area contributed by atoms with Crippen LogP contribution in [0.2, 0.25) is 0 Å². The van der Waals surface area contributed by atoms with Crippen LogP contribution < -0.4 is 21.1 Å². The Bertz CT molecular complexity index is 1590. The van der Waals surface area contributed by atoms with Crippen LogP contribution in [0.5, 0.6) is 5.75 Å². The van der Waals surface area contributed by atoms with Crippen molar-refractivity contribution in [1.29, 1.82) is 5.41 Å². The van der Waals surface area contributed by atoms with E-state index in [1.165, 1.54) is 30.3 Å². The van der Waals surface area contributed by atoms with Gasteiger partial charge in [0.1, 0.15) is 23.9 Å². The lowest BCUT2D eigenvalue weighted by molar-refractivity contribution is -0.192. The van der Waals surface area contributed by atoms with Crippen LogP contribution >= 0.6 is 0 Å². The maximum atomic E-state index is 12.9. The van der Waals surface area contributed by atoms with Crippen molar-refractivity contribution in [2.75, 3.05) is 19.7 Å². The summed E-state index contributed by atoms with van der Waals surface area (Å²) in [7, 11) is 0. The molecular formula is C30H32F3N5O10. The van der Waals surface area contributed by atoms with Crippen molar-refractivity contribution in [3.8, 4) is 5.75 Å². The van der Waals surface area contributed by atoms with Gasteiger partial charge in [0, 0.05) is 42.3 Å². The lowest BCUT2D eigenvalue weighted by Crippen LogP contribution is -2.40. The van der Waals surface area contributed by atoms with Crippen molar-refractivity contribution in [3.05, 3.63) is 70.4 Å². The first-order valence-electron chi connectivity index (χ1n) is 13.9. The van der Waals surface area contributed by atoms with Crippen LogP contribution in [-0.2, 0) is 19.2 Å². The highest BCUT2D eigenvalue weighted by molar-refractivity contribution is 5.99. The Hall–Kier alpha value is -5.94. The number of carboxylic acids is 3. The van der Waals surface area contributed by atoms with E-state index in [0.29, 0.717) is 18.7 Å². The molecule has 1 heterocycles. The highest BCUT2D eigenvalue weighted by Gasteiger charge is 2.38. The van der Waals surface area contributed by atoms with Gasteiger partial charge in [-0.05, 0) is 49.2 Å². The first-order valence-corrected chi connectivity index (χ1v) is 13.9. The van der Waals surface area contributed by atoms with E-state index in [1.807, 2.05) is 0 Å². The van der Waals surface area contributed by atoms with E-state index in [9.17, 15) is 47.4 Å². The number of amides is 3. The molecule has 1 fully saturated rings. The molecule has 8 N–H and O–H groups in total. The summed E-state index contributed by atoms with van der Waals surface area (Å²) in [4.78, 5) is 70.6. The Morgan fingerprint density at radius 1 is 0.979 bits per heavy atom. The fourth-order valence-corrected chi connectivity index (χ4v) is 4.13. The Labute approximate surface area is 270 Å². The molecule has 0 spiro atoms. The monoisotopic (exact) mass is 679 g/mol. The second-order valence-corrected chi connectivity index (χ2v) is 10.2. The number of carbonyl (C=O) groups excluding carboxylic acids is 3. The first-order chi connectivity index (χ1) is 22.4. The van der Waals surface area contributed by atoms with E-state index >= 15 is 0 Å². The molecule has 1 aliphatic rings. The number of nitrogens with one attached hydrogen (secondary N) is 3. The summed E-state index contributed by atoms with van der Waals surface area (Å²) in [6.45, 7) is 2.19. The summed E-state index contributed by atoms with van der Waals surface area (Å²) in [5.41, 5.74) is 6.22. The van der Waals surface area contributed by atoms with E-state index in [2.05, 4.69) is 10.6 Å². The second kappa shape index (κ2) is 17.1. The molecular weight excluding hydrogens is 647 g/mol. The topological polar surface area (TPSA) is 250 Å².